The van der Waals surface area contributed by atoms with Gasteiger partial charge >= 0.3 is 0 Å². The summed E-state index contributed by atoms with van der Waals surface area (Å²) in [6.07, 6.45) is 7.31. The van der Waals surface area contributed by atoms with Crippen LogP contribution in [0.4, 0.5) is 0 Å². The van der Waals surface area contributed by atoms with Crippen LogP contribution in [0.3, 0.4) is 0 Å². The molecule has 0 aromatic heterocycles. The van der Waals surface area contributed by atoms with Crippen LogP contribution in [0.15, 0.2) is 52.3 Å². The average molecular weight is 559 g/mol. The topological polar surface area (TPSA) is 138 Å². The van der Waals surface area contributed by atoms with Gasteiger partial charge in [-0.25, -0.2) is 0 Å². The number of rotatable bonds is 12. The SMILES string of the molecule is O=C1CCC(N2C(=O)c3cccc(SCCCCCCCCc4ccc(S(=O)(=O)O)cc4)c3C2=O)C(=O)N1. The van der Waals surface area contributed by atoms with Crippen molar-refractivity contribution < 1.29 is 32.1 Å². The van der Waals surface area contributed by atoms with Crippen LogP contribution in [0.2, 0.25) is 0 Å². The molecule has 2 N–H and O–H groups in total. The molecule has 2 aliphatic rings. The van der Waals surface area contributed by atoms with Crippen molar-refractivity contribution in [2.24, 2.45) is 0 Å². The molecule has 0 spiro atoms. The molecule has 1 atom stereocenters. The fourth-order valence-corrected chi connectivity index (χ4v) is 6.32. The van der Waals surface area contributed by atoms with Crippen molar-refractivity contribution in [3.8, 4) is 0 Å². The minimum atomic E-state index is -4.16. The van der Waals surface area contributed by atoms with E-state index in [-0.39, 0.29) is 17.7 Å². The van der Waals surface area contributed by atoms with E-state index >= 15 is 0 Å². The van der Waals surface area contributed by atoms with Gasteiger partial charge in [0.15, 0.2) is 0 Å². The van der Waals surface area contributed by atoms with Gasteiger partial charge in [0, 0.05) is 11.3 Å². The summed E-state index contributed by atoms with van der Waals surface area (Å²) in [7, 11) is -4.16. The summed E-state index contributed by atoms with van der Waals surface area (Å²) in [5.41, 5.74) is 1.68. The Kier molecular flexibility index (Phi) is 9.01. The third-order valence-corrected chi connectivity index (χ3v) is 8.78. The van der Waals surface area contributed by atoms with Crippen LogP contribution in [0, 0.1) is 0 Å². The molecule has 0 aliphatic carbocycles. The highest BCUT2D eigenvalue weighted by Crippen LogP contribution is 2.34. The van der Waals surface area contributed by atoms with Gasteiger partial charge in [-0.3, -0.25) is 33.9 Å². The lowest BCUT2D eigenvalue weighted by molar-refractivity contribution is -0.136. The van der Waals surface area contributed by atoms with Crippen molar-refractivity contribution >= 4 is 45.5 Å². The van der Waals surface area contributed by atoms with E-state index in [0.717, 1.165) is 66.1 Å². The molecule has 4 rings (SSSR count). The molecule has 202 valence electrons. The van der Waals surface area contributed by atoms with Crippen molar-refractivity contribution in [2.75, 3.05) is 5.75 Å². The average Bonchev–Trinajstić information content (AvgIpc) is 3.13. The predicted octanol–water partition coefficient (Wildman–Crippen LogP) is 4.01. The van der Waals surface area contributed by atoms with Crippen LogP contribution in [0.5, 0.6) is 0 Å². The van der Waals surface area contributed by atoms with Gasteiger partial charge in [0.25, 0.3) is 21.9 Å². The van der Waals surface area contributed by atoms with Crippen molar-refractivity contribution in [1.82, 2.24) is 10.2 Å². The van der Waals surface area contributed by atoms with E-state index in [0.29, 0.717) is 11.1 Å². The Balaban J connectivity index is 1.18. The molecule has 11 heteroatoms. The molecule has 1 saturated heterocycles. The predicted molar refractivity (Wildman–Crippen MR) is 142 cm³/mol. The van der Waals surface area contributed by atoms with E-state index in [1.807, 2.05) is 6.07 Å². The third-order valence-electron chi connectivity index (χ3n) is 6.77. The summed E-state index contributed by atoms with van der Waals surface area (Å²) in [5.74, 6) is -1.17. The number of piperidine rings is 1. The molecule has 4 amide bonds. The number of benzene rings is 2. The van der Waals surface area contributed by atoms with Gasteiger partial charge in [0.2, 0.25) is 11.8 Å². The zero-order chi connectivity index (χ0) is 27.3. The molecule has 0 radical (unpaired) electrons. The third kappa shape index (κ3) is 6.51. The number of thioether (sulfide) groups is 1. The molecule has 2 aliphatic heterocycles. The number of carbonyl (C=O) groups excluding carboxylic acids is 4. The van der Waals surface area contributed by atoms with Crippen LogP contribution < -0.4 is 5.32 Å². The molecule has 2 aromatic rings. The lowest BCUT2D eigenvalue weighted by Crippen LogP contribution is -2.54. The summed E-state index contributed by atoms with van der Waals surface area (Å²) in [6, 6.07) is 10.5. The zero-order valence-electron chi connectivity index (χ0n) is 20.9. The molecule has 9 nitrogen and oxygen atoms in total. The lowest BCUT2D eigenvalue weighted by atomic mass is 10.0. The minimum Gasteiger partial charge on any atom is -0.295 e. The highest BCUT2D eigenvalue weighted by Gasteiger charge is 2.45. The van der Waals surface area contributed by atoms with Gasteiger partial charge in [-0.2, -0.15) is 8.42 Å². The zero-order valence-corrected chi connectivity index (χ0v) is 22.5. The Labute approximate surface area is 226 Å². The largest absolute Gasteiger partial charge is 0.295 e. The first-order valence-electron chi connectivity index (χ1n) is 12.7. The quantitative estimate of drug-likeness (QED) is 0.173. The number of fused-ring (bicyclic) bond motifs is 1. The number of amides is 4. The van der Waals surface area contributed by atoms with E-state index in [1.54, 1.807) is 24.3 Å². The van der Waals surface area contributed by atoms with E-state index in [2.05, 4.69) is 5.32 Å². The highest BCUT2D eigenvalue weighted by atomic mass is 32.2. The molecule has 38 heavy (non-hydrogen) atoms. The number of nitrogens with zero attached hydrogens (tertiary/aromatic N) is 1. The first-order valence-corrected chi connectivity index (χ1v) is 15.1. The summed E-state index contributed by atoms with van der Waals surface area (Å²) in [6.45, 7) is 0. The van der Waals surface area contributed by atoms with Crippen molar-refractivity contribution in [1.29, 1.82) is 0 Å². The molecule has 1 unspecified atom stereocenters. The summed E-state index contributed by atoms with van der Waals surface area (Å²) in [5, 5.41) is 2.21. The van der Waals surface area contributed by atoms with Gasteiger partial charge < -0.3 is 0 Å². The second-order valence-electron chi connectivity index (χ2n) is 9.46. The van der Waals surface area contributed by atoms with Gasteiger partial charge in [0.05, 0.1) is 16.0 Å². The highest BCUT2D eigenvalue weighted by molar-refractivity contribution is 7.99. The monoisotopic (exact) mass is 558 g/mol. The van der Waals surface area contributed by atoms with Crippen molar-refractivity contribution in [3.63, 3.8) is 0 Å². The number of aryl methyl sites for hydroxylation is 1. The normalized spacial score (nSPS) is 17.6. The molecular weight excluding hydrogens is 528 g/mol. The second-order valence-corrected chi connectivity index (χ2v) is 12.0. The first-order chi connectivity index (χ1) is 18.2. The summed E-state index contributed by atoms with van der Waals surface area (Å²) in [4.78, 5) is 51.4. The number of imide groups is 2. The van der Waals surface area contributed by atoms with Crippen LogP contribution in [0.1, 0.15) is 77.6 Å². The fraction of sp³-hybridized carbons (Fsp3) is 0.407. The van der Waals surface area contributed by atoms with Crippen LogP contribution >= 0.6 is 11.8 Å². The maximum atomic E-state index is 13.1. The standard InChI is InChI=1S/C27H30N2O7S2/c30-23-16-15-21(25(31)28-23)29-26(32)20-9-7-10-22(24(20)27(29)33)37-17-6-4-2-1-3-5-8-18-11-13-19(14-12-18)38(34,35)36/h7,9-14,21H,1-6,8,15-17H2,(H,28,30,31)(H,34,35,36). The van der Waals surface area contributed by atoms with E-state index in [4.69, 9.17) is 4.55 Å². The van der Waals surface area contributed by atoms with E-state index in [1.165, 1.54) is 23.9 Å². The van der Waals surface area contributed by atoms with Gasteiger partial charge in [-0.1, -0.05) is 43.9 Å². The maximum Gasteiger partial charge on any atom is 0.294 e. The molecule has 2 aromatic carbocycles. The molecular formula is C27H30N2O7S2. The lowest BCUT2D eigenvalue weighted by Gasteiger charge is -2.27. The molecule has 1 fully saturated rings. The number of unbranched alkanes of at least 4 members (excludes halogenated alkanes) is 5. The smallest absolute Gasteiger partial charge is 0.294 e. The fourth-order valence-electron chi connectivity index (χ4n) is 4.75. The summed E-state index contributed by atoms with van der Waals surface area (Å²) < 4.78 is 31.2. The minimum absolute atomic E-state index is 0.0928. The molecule has 2 heterocycles. The number of nitrogens with one attached hydrogen (secondary N) is 1. The Hall–Kier alpha value is -3.02. The Morgan fingerprint density at radius 1 is 0.895 bits per heavy atom. The van der Waals surface area contributed by atoms with Gasteiger partial charge in [-0.05, 0) is 61.3 Å². The number of carbonyl (C=O) groups is 4. The number of hydrogen-bond acceptors (Lipinski definition) is 7. The Morgan fingerprint density at radius 3 is 2.26 bits per heavy atom. The van der Waals surface area contributed by atoms with E-state index < -0.39 is 39.8 Å². The first kappa shape index (κ1) is 28.0. The van der Waals surface area contributed by atoms with Crippen LogP contribution in [-0.2, 0) is 26.1 Å². The Bertz CT molecular complexity index is 1340. The summed E-state index contributed by atoms with van der Waals surface area (Å²) >= 11 is 1.53. The van der Waals surface area contributed by atoms with Crippen LogP contribution in [0.25, 0.3) is 0 Å². The maximum absolute atomic E-state index is 13.1. The molecule has 0 bridgehead atoms. The van der Waals surface area contributed by atoms with E-state index in [9.17, 15) is 27.6 Å². The van der Waals surface area contributed by atoms with Gasteiger partial charge in [0.1, 0.15) is 6.04 Å². The molecule has 0 saturated carbocycles. The van der Waals surface area contributed by atoms with Gasteiger partial charge in [-0.15, -0.1) is 11.8 Å². The number of hydrogen-bond donors (Lipinski definition) is 2. The second kappa shape index (κ2) is 12.2. The van der Waals surface area contributed by atoms with Crippen molar-refractivity contribution in [3.05, 3.63) is 59.2 Å². The van der Waals surface area contributed by atoms with Crippen LogP contribution in [-0.4, -0.2) is 53.3 Å². The van der Waals surface area contributed by atoms with Crippen molar-refractivity contribution in [2.45, 2.75) is 73.6 Å². The Morgan fingerprint density at radius 2 is 1.58 bits per heavy atom.